The third-order valence-corrected chi connectivity index (χ3v) is 8.32. The van der Waals surface area contributed by atoms with Crippen molar-refractivity contribution in [2.24, 2.45) is 23.2 Å². The zero-order chi connectivity index (χ0) is 18.0. The van der Waals surface area contributed by atoms with Crippen LogP contribution in [0.25, 0.3) is 0 Å². The van der Waals surface area contributed by atoms with Gasteiger partial charge in [0.05, 0.1) is 7.11 Å². The summed E-state index contributed by atoms with van der Waals surface area (Å²) >= 11 is 0. The van der Waals surface area contributed by atoms with Gasteiger partial charge >= 0.3 is 0 Å². The Morgan fingerprint density at radius 1 is 1.08 bits per heavy atom. The van der Waals surface area contributed by atoms with Crippen LogP contribution < -0.4 is 4.74 Å². The van der Waals surface area contributed by atoms with Crippen molar-refractivity contribution in [1.82, 2.24) is 0 Å². The topological polar surface area (TPSA) is 9.23 Å². The van der Waals surface area contributed by atoms with Crippen molar-refractivity contribution >= 4 is 0 Å². The maximum atomic E-state index is 5.77. The molecule has 0 saturated heterocycles. The van der Waals surface area contributed by atoms with Crippen LogP contribution in [-0.2, 0) is 11.8 Å². The number of methoxy groups -OCH3 is 1. The van der Waals surface area contributed by atoms with Crippen molar-refractivity contribution in [2.75, 3.05) is 7.11 Å². The van der Waals surface area contributed by atoms with Crippen molar-refractivity contribution in [3.8, 4) is 5.75 Å². The highest BCUT2D eigenvalue weighted by Crippen LogP contribution is 2.63. The molecule has 3 aliphatic rings. The third kappa shape index (κ3) is 2.48. The highest BCUT2D eigenvalue weighted by Gasteiger charge is 2.53. The van der Waals surface area contributed by atoms with Gasteiger partial charge in [0, 0.05) is 5.56 Å². The van der Waals surface area contributed by atoms with E-state index in [-0.39, 0.29) is 5.41 Å². The molecule has 138 valence electrons. The Hall–Kier alpha value is -0.980. The predicted octanol–water partition coefficient (Wildman–Crippen LogP) is 6.48. The average Bonchev–Trinajstić information content (AvgIpc) is 2.87. The monoisotopic (exact) mass is 340 g/mol. The first-order valence-corrected chi connectivity index (χ1v) is 10.5. The lowest BCUT2D eigenvalue weighted by Crippen LogP contribution is -2.42. The van der Waals surface area contributed by atoms with E-state index in [1.54, 1.807) is 11.1 Å². The minimum atomic E-state index is 0.147. The molecular weight excluding hydrogens is 304 g/mol. The van der Waals surface area contributed by atoms with E-state index in [1.165, 1.54) is 44.1 Å². The minimum absolute atomic E-state index is 0.147. The van der Waals surface area contributed by atoms with Crippen molar-refractivity contribution in [3.05, 3.63) is 28.8 Å². The van der Waals surface area contributed by atoms with Gasteiger partial charge in [0.25, 0.3) is 0 Å². The fourth-order valence-electron chi connectivity index (χ4n) is 6.90. The van der Waals surface area contributed by atoms with Gasteiger partial charge < -0.3 is 4.74 Å². The Bertz CT molecular complexity index is 667. The molecule has 1 aromatic carbocycles. The number of hydrogen-bond donors (Lipinski definition) is 0. The van der Waals surface area contributed by atoms with Crippen LogP contribution >= 0.6 is 0 Å². The first-order chi connectivity index (χ1) is 11.8. The van der Waals surface area contributed by atoms with E-state index in [2.05, 4.69) is 46.8 Å². The van der Waals surface area contributed by atoms with Crippen LogP contribution in [0.4, 0.5) is 0 Å². The summed E-state index contributed by atoms with van der Waals surface area (Å²) in [5.74, 6) is 4.67. The van der Waals surface area contributed by atoms with Crippen LogP contribution in [0.15, 0.2) is 12.1 Å². The molecule has 0 bridgehead atoms. The number of ether oxygens (including phenoxy) is 1. The van der Waals surface area contributed by atoms with E-state index in [1.807, 2.05) is 7.11 Å². The second-order valence-electron chi connectivity index (χ2n) is 10.4. The Balaban J connectivity index is 1.77. The Labute approximate surface area is 154 Å². The zero-order valence-corrected chi connectivity index (χ0v) is 17.1. The molecule has 4 rings (SSSR count). The van der Waals surface area contributed by atoms with Crippen LogP contribution in [-0.4, -0.2) is 7.11 Å². The minimum Gasteiger partial charge on any atom is -0.496 e. The smallest absolute Gasteiger partial charge is 0.122 e. The summed E-state index contributed by atoms with van der Waals surface area (Å²) in [6, 6.07) is 4.67. The van der Waals surface area contributed by atoms with Gasteiger partial charge in [-0.05, 0) is 90.2 Å². The van der Waals surface area contributed by atoms with Crippen LogP contribution in [0.1, 0.15) is 89.3 Å². The van der Waals surface area contributed by atoms with E-state index in [9.17, 15) is 0 Å². The lowest BCUT2D eigenvalue weighted by atomic mass is 9.54. The molecule has 0 heterocycles. The lowest BCUT2D eigenvalue weighted by Gasteiger charge is -2.51. The lowest BCUT2D eigenvalue weighted by molar-refractivity contribution is 0.0334. The van der Waals surface area contributed by atoms with Crippen molar-refractivity contribution in [2.45, 2.75) is 84.5 Å². The average molecular weight is 341 g/mol. The van der Waals surface area contributed by atoms with Gasteiger partial charge in [0.2, 0.25) is 0 Å². The summed E-state index contributed by atoms with van der Waals surface area (Å²) in [6.45, 7) is 12.1. The van der Waals surface area contributed by atoms with Gasteiger partial charge in [-0.2, -0.15) is 0 Å². The van der Waals surface area contributed by atoms with Crippen LogP contribution in [0.3, 0.4) is 0 Å². The van der Waals surface area contributed by atoms with E-state index in [4.69, 9.17) is 4.74 Å². The number of benzene rings is 1. The summed E-state index contributed by atoms with van der Waals surface area (Å²) in [6.07, 6.45) is 8.38. The summed E-state index contributed by atoms with van der Waals surface area (Å²) in [4.78, 5) is 0. The van der Waals surface area contributed by atoms with Crippen molar-refractivity contribution in [1.29, 1.82) is 0 Å². The summed E-state index contributed by atoms with van der Waals surface area (Å²) in [5, 5.41) is 0. The molecule has 0 aromatic heterocycles. The van der Waals surface area contributed by atoms with E-state index in [0.717, 1.165) is 29.4 Å². The maximum absolute atomic E-state index is 5.77. The second-order valence-corrected chi connectivity index (χ2v) is 10.4. The fraction of sp³-hybridized carbons (Fsp3) is 0.750. The normalized spacial score (nSPS) is 37.2. The number of hydrogen-bond acceptors (Lipinski definition) is 1. The molecule has 5 atom stereocenters. The van der Waals surface area contributed by atoms with Gasteiger partial charge in [-0.15, -0.1) is 0 Å². The molecule has 1 heteroatoms. The molecule has 1 aromatic rings. The van der Waals surface area contributed by atoms with Crippen molar-refractivity contribution in [3.63, 3.8) is 0 Å². The Morgan fingerprint density at radius 3 is 2.52 bits per heavy atom. The van der Waals surface area contributed by atoms with E-state index >= 15 is 0 Å². The van der Waals surface area contributed by atoms with Crippen LogP contribution in [0.5, 0.6) is 5.75 Å². The molecule has 0 aliphatic heterocycles. The van der Waals surface area contributed by atoms with Gasteiger partial charge in [0.15, 0.2) is 0 Å². The molecule has 0 amide bonds. The van der Waals surface area contributed by atoms with Crippen LogP contribution in [0.2, 0.25) is 0 Å². The first kappa shape index (κ1) is 17.4. The van der Waals surface area contributed by atoms with Gasteiger partial charge in [-0.3, -0.25) is 0 Å². The standard InChI is InChI=1S/C24H36O/c1-15-7-11-20-18-8-9-19-16(17(18)13-14-24(15,20)5)10-12-21(25-6)22(19)23(2,3)4/h10,12,15,17-18,20H,7-9,11,13-14H2,1-6H3/t15-,17?,18?,20?,24+/m0/s1. The molecule has 3 unspecified atom stereocenters. The number of fused-ring (bicyclic) bond motifs is 5. The van der Waals surface area contributed by atoms with Gasteiger partial charge in [-0.25, -0.2) is 0 Å². The fourth-order valence-corrected chi connectivity index (χ4v) is 6.90. The SMILES string of the molecule is COc1ccc2c(c1C(C)(C)C)CCC1C2CC[C@@]2(C)C1CC[C@@H]2C. The largest absolute Gasteiger partial charge is 0.496 e. The Morgan fingerprint density at radius 2 is 1.84 bits per heavy atom. The molecule has 2 saturated carbocycles. The van der Waals surface area contributed by atoms with Gasteiger partial charge in [-0.1, -0.05) is 40.7 Å². The first-order valence-electron chi connectivity index (χ1n) is 10.5. The highest BCUT2D eigenvalue weighted by molar-refractivity contribution is 5.51. The molecule has 25 heavy (non-hydrogen) atoms. The molecule has 0 radical (unpaired) electrons. The predicted molar refractivity (Wildman–Crippen MR) is 105 cm³/mol. The second kappa shape index (κ2) is 5.76. The van der Waals surface area contributed by atoms with Crippen molar-refractivity contribution < 1.29 is 4.74 Å². The number of rotatable bonds is 1. The summed E-state index contributed by atoms with van der Waals surface area (Å²) in [5.41, 5.74) is 5.53. The molecule has 2 fully saturated rings. The Kier molecular flexibility index (Phi) is 4.02. The van der Waals surface area contributed by atoms with Gasteiger partial charge in [0.1, 0.15) is 5.75 Å². The molecule has 1 nitrogen and oxygen atoms in total. The summed E-state index contributed by atoms with van der Waals surface area (Å²) < 4.78 is 5.77. The van der Waals surface area contributed by atoms with Crippen LogP contribution in [0, 0.1) is 23.2 Å². The summed E-state index contributed by atoms with van der Waals surface area (Å²) in [7, 11) is 1.83. The van der Waals surface area contributed by atoms with E-state index in [0.29, 0.717) is 5.41 Å². The van der Waals surface area contributed by atoms with E-state index < -0.39 is 0 Å². The molecule has 3 aliphatic carbocycles. The molecular formula is C24H36O. The highest BCUT2D eigenvalue weighted by atomic mass is 16.5. The molecule has 0 N–H and O–H groups in total. The zero-order valence-electron chi connectivity index (χ0n) is 17.1. The maximum Gasteiger partial charge on any atom is 0.122 e. The molecule has 0 spiro atoms. The third-order valence-electron chi connectivity index (χ3n) is 8.32. The quantitative estimate of drug-likeness (QED) is 0.568.